The van der Waals surface area contributed by atoms with E-state index in [2.05, 4.69) is 53.7 Å². The van der Waals surface area contributed by atoms with E-state index < -0.39 is 0 Å². The zero-order valence-electron chi connectivity index (χ0n) is 10.7. The Hall–Kier alpha value is -1.11. The van der Waals surface area contributed by atoms with Gasteiger partial charge < -0.3 is 5.41 Å². The summed E-state index contributed by atoms with van der Waals surface area (Å²) < 4.78 is 0. The van der Waals surface area contributed by atoms with Crippen molar-refractivity contribution in [1.82, 2.24) is 0 Å². The lowest BCUT2D eigenvalue weighted by Crippen LogP contribution is -2.22. The molecule has 1 N–H and O–H groups in total. The minimum absolute atomic E-state index is 0.0786. The maximum atomic E-state index is 8.23. The summed E-state index contributed by atoms with van der Waals surface area (Å²) in [7, 11) is 0. The third kappa shape index (κ3) is 2.47. The average molecular weight is 203 g/mol. The van der Waals surface area contributed by atoms with Gasteiger partial charge in [0, 0.05) is 16.7 Å². The van der Waals surface area contributed by atoms with Crippen LogP contribution in [0.3, 0.4) is 0 Å². The van der Waals surface area contributed by atoms with Crippen LogP contribution in [0.1, 0.15) is 43.0 Å². The monoisotopic (exact) mass is 203 g/mol. The first-order chi connectivity index (χ1) is 6.73. The van der Waals surface area contributed by atoms with Crippen LogP contribution < -0.4 is 0 Å². The van der Waals surface area contributed by atoms with Gasteiger partial charge in [-0.3, -0.25) is 0 Å². The first-order valence-corrected chi connectivity index (χ1v) is 5.40. The van der Waals surface area contributed by atoms with Crippen LogP contribution in [0.5, 0.6) is 0 Å². The number of hydrogen-bond acceptors (Lipinski definition) is 1. The summed E-state index contributed by atoms with van der Waals surface area (Å²) in [6, 6.07) is 4.31. The van der Waals surface area contributed by atoms with Gasteiger partial charge in [0.25, 0.3) is 0 Å². The lowest BCUT2D eigenvalue weighted by molar-refractivity contribution is 0.588. The molecule has 0 unspecified atom stereocenters. The molecular formula is C14H21N. The van der Waals surface area contributed by atoms with E-state index in [0.717, 1.165) is 11.3 Å². The van der Waals surface area contributed by atoms with Crippen molar-refractivity contribution in [3.63, 3.8) is 0 Å². The molecule has 1 heteroatoms. The Labute approximate surface area is 93.0 Å². The molecule has 0 saturated heterocycles. The van der Waals surface area contributed by atoms with E-state index >= 15 is 0 Å². The smallest absolute Gasteiger partial charge is 0.0444 e. The van der Waals surface area contributed by atoms with E-state index in [1.807, 2.05) is 0 Å². The molecule has 0 atom stereocenters. The van der Waals surface area contributed by atoms with Crippen molar-refractivity contribution >= 4 is 5.71 Å². The second-order valence-electron chi connectivity index (χ2n) is 5.40. The Morgan fingerprint density at radius 3 is 1.73 bits per heavy atom. The van der Waals surface area contributed by atoms with Crippen molar-refractivity contribution in [2.75, 3.05) is 0 Å². The highest BCUT2D eigenvalue weighted by molar-refractivity contribution is 6.04. The molecule has 82 valence electrons. The highest BCUT2D eigenvalue weighted by Gasteiger charge is 2.21. The van der Waals surface area contributed by atoms with E-state index in [1.165, 1.54) is 16.7 Å². The Morgan fingerprint density at radius 2 is 1.40 bits per heavy atom. The largest absolute Gasteiger partial charge is 0.304 e. The molecule has 0 radical (unpaired) electrons. The fraction of sp³-hybridized carbons (Fsp3) is 0.500. The maximum absolute atomic E-state index is 8.23. The Kier molecular flexibility index (Phi) is 3.03. The van der Waals surface area contributed by atoms with Crippen molar-refractivity contribution < 1.29 is 0 Å². The molecule has 1 aromatic carbocycles. The van der Waals surface area contributed by atoms with Crippen molar-refractivity contribution in [3.8, 4) is 0 Å². The van der Waals surface area contributed by atoms with Gasteiger partial charge in [-0.1, -0.05) is 38.5 Å². The number of rotatable bonds is 1. The fourth-order valence-corrected chi connectivity index (χ4v) is 1.95. The lowest BCUT2D eigenvalue weighted by Gasteiger charge is -2.23. The van der Waals surface area contributed by atoms with Crippen molar-refractivity contribution in [2.24, 2.45) is 5.41 Å². The highest BCUT2D eigenvalue weighted by Crippen LogP contribution is 2.26. The van der Waals surface area contributed by atoms with Gasteiger partial charge in [-0.2, -0.15) is 0 Å². The van der Waals surface area contributed by atoms with Gasteiger partial charge >= 0.3 is 0 Å². The summed E-state index contributed by atoms with van der Waals surface area (Å²) in [6.45, 7) is 12.6. The summed E-state index contributed by atoms with van der Waals surface area (Å²) in [5.41, 5.74) is 5.48. The standard InChI is InChI=1S/C14H21N/c1-9-7-10(2)12(11(3)8-9)13(15)14(4,5)6/h7-8,15H,1-6H3. The van der Waals surface area contributed by atoms with Crippen LogP contribution in [0.25, 0.3) is 0 Å². The van der Waals surface area contributed by atoms with Crippen LogP contribution >= 0.6 is 0 Å². The predicted octanol–water partition coefficient (Wildman–Crippen LogP) is 4.03. The minimum atomic E-state index is -0.0786. The van der Waals surface area contributed by atoms with Gasteiger partial charge in [0.15, 0.2) is 0 Å². The normalized spacial score (nSPS) is 11.6. The predicted molar refractivity (Wildman–Crippen MR) is 66.9 cm³/mol. The number of benzene rings is 1. The summed E-state index contributed by atoms with van der Waals surface area (Å²) in [6.07, 6.45) is 0. The van der Waals surface area contributed by atoms with Crippen LogP contribution in [0.4, 0.5) is 0 Å². The molecular weight excluding hydrogens is 182 g/mol. The molecule has 0 fully saturated rings. The van der Waals surface area contributed by atoms with Crippen molar-refractivity contribution in [2.45, 2.75) is 41.5 Å². The Balaban J connectivity index is 3.33. The van der Waals surface area contributed by atoms with Gasteiger partial charge in [0.1, 0.15) is 0 Å². The number of aryl methyl sites for hydroxylation is 3. The molecule has 0 aliphatic rings. The van der Waals surface area contributed by atoms with Gasteiger partial charge in [-0.25, -0.2) is 0 Å². The molecule has 0 amide bonds. The number of hydrogen-bond donors (Lipinski definition) is 1. The first kappa shape index (κ1) is 12.0. The third-order valence-electron chi connectivity index (χ3n) is 2.68. The molecule has 15 heavy (non-hydrogen) atoms. The highest BCUT2D eigenvalue weighted by atomic mass is 14.5. The van der Waals surface area contributed by atoms with E-state index in [9.17, 15) is 0 Å². The SMILES string of the molecule is Cc1cc(C)c(C(=N)C(C)(C)C)c(C)c1. The quantitative estimate of drug-likeness (QED) is 0.666. The van der Waals surface area contributed by atoms with Crippen LogP contribution in [0.15, 0.2) is 12.1 Å². The molecule has 0 spiro atoms. The molecule has 0 aliphatic heterocycles. The second kappa shape index (κ2) is 3.80. The summed E-state index contributed by atoms with van der Waals surface area (Å²) in [5, 5.41) is 8.23. The van der Waals surface area contributed by atoms with E-state index in [-0.39, 0.29) is 5.41 Å². The van der Waals surface area contributed by atoms with Crippen LogP contribution in [-0.2, 0) is 0 Å². The molecule has 0 bridgehead atoms. The van der Waals surface area contributed by atoms with Crippen LogP contribution in [-0.4, -0.2) is 5.71 Å². The number of nitrogens with one attached hydrogen (secondary N) is 1. The fourth-order valence-electron chi connectivity index (χ4n) is 1.95. The van der Waals surface area contributed by atoms with Gasteiger partial charge in [-0.15, -0.1) is 0 Å². The van der Waals surface area contributed by atoms with Crippen LogP contribution in [0.2, 0.25) is 0 Å². The molecule has 0 heterocycles. The molecule has 1 nitrogen and oxygen atoms in total. The molecule has 0 aromatic heterocycles. The lowest BCUT2D eigenvalue weighted by atomic mass is 9.82. The average Bonchev–Trinajstić information content (AvgIpc) is 1.99. The van der Waals surface area contributed by atoms with E-state index in [4.69, 9.17) is 5.41 Å². The summed E-state index contributed by atoms with van der Waals surface area (Å²) >= 11 is 0. The topological polar surface area (TPSA) is 23.9 Å². The second-order valence-corrected chi connectivity index (χ2v) is 5.40. The Morgan fingerprint density at radius 1 is 1.00 bits per heavy atom. The zero-order chi connectivity index (χ0) is 11.8. The molecule has 0 aliphatic carbocycles. The van der Waals surface area contributed by atoms with Gasteiger partial charge in [0.05, 0.1) is 0 Å². The van der Waals surface area contributed by atoms with E-state index in [0.29, 0.717) is 0 Å². The zero-order valence-corrected chi connectivity index (χ0v) is 10.7. The Bertz CT molecular complexity index is 371. The van der Waals surface area contributed by atoms with Crippen LogP contribution in [0, 0.1) is 31.6 Å². The van der Waals surface area contributed by atoms with Crippen molar-refractivity contribution in [3.05, 3.63) is 34.4 Å². The molecule has 1 rings (SSSR count). The maximum Gasteiger partial charge on any atom is 0.0444 e. The first-order valence-electron chi connectivity index (χ1n) is 5.40. The summed E-state index contributed by atoms with van der Waals surface area (Å²) in [4.78, 5) is 0. The molecule has 0 saturated carbocycles. The minimum Gasteiger partial charge on any atom is -0.304 e. The summed E-state index contributed by atoms with van der Waals surface area (Å²) in [5.74, 6) is 0. The van der Waals surface area contributed by atoms with Crippen molar-refractivity contribution in [1.29, 1.82) is 5.41 Å². The molecule has 1 aromatic rings. The van der Waals surface area contributed by atoms with E-state index in [1.54, 1.807) is 0 Å². The third-order valence-corrected chi connectivity index (χ3v) is 2.68. The van der Waals surface area contributed by atoms with Gasteiger partial charge in [-0.05, 0) is 31.9 Å². The van der Waals surface area contributed by atoms with Gasteiger partial charge in [0.2, 0.25) is 0 Å².